The summed E-state index contributed by atoms with van der Waals surface area (Å²) in [6.07, 6.45) is 3.34. The van der Waals surface area contributed by atoms with E-state index in [0.717, 1.165) is 82.2 Å². The van der Waals surface area contributed by atoms with Crippen LogP contribution in [-0.4, -0.2) is 97.9 Å². The average Bonchev–Trinajstić information content (AvgIpc) is 3.53. The first kappa shape index (κ1) is 26.8. The van der Waals surface area contributed by atoms with E-state index in [2.05, 4.69) is 56.8 Å². The first-order valence-electron chi connectivity index (χ1n) is 13.2. The van der Waals surface area contributed by atoms with Crippen molar-refractivity contribution in [3.63, 3.8) is 0 Å². The number of thiazole rings is 1. The molecule has 2 saturated heterocycles. The summed E-state index contributed by atoms with van der Waals surface area (Å²) in [5, 5.41) is 11.0. The van der Waals surface area contributed by atoms with E-state index in [9.17, 15) is 4.79 Å². The third kappa shape index (κ3) is 7.39. The SMILES string of the molecule is CCCc1ccc(OC)c(-c2csc(NC(=O)NN3CCN(CCN4CCC(NCC)C4)CC3)n2)c1. The van der Waals surface area contributed by atoms with Crippen LogP contribution in [0, 0.1) is 0 Å². The van der Waals surface area contributed by atoms with Crippen LogP contribution in [0.15, 0.2) is 23.6 Å². The molecule has 2 aromatic rings. The Morgan fingerprint density at radius 2 is 1.94 bits per heavy atom. The molecule has 0 saturated carbocycles. The zero-order valence-corrected chi connectivity index (χ0v) is 22.7. The highest BCUT2D eigenvalue weighted by Crippen LogP contribution is 2.33. The summed E-state index contributed by atoms with van der Waals surface area (Å²) in [5.41, 5.74) is 6.01. The second-order valence-corrected chi connectivity index (χ2v) is 10.4. The van der Waals surface area contributed by atoms with E-state index in [-0.39, 0.29) is 6.03 Å². The fraction of sp³-hybridized carbons (Fsp3) is 0.615. The monoisotopic (exact) mass is 515 g/mol. The molecular formula is C26H41N7O2S. The van der Waals surface area contributed by atoms with Crippen LogP contribution in [0.3, 0.4) is 0 Å². The lowest BCUT2D eigenvalue weighted by atomic mass is 10.0. The van der Waals surface area contributed by atoms with Gasteiger partial charge in [-0.2, -0.15) is 0 Å². The summed E-state index contributed by atoms with van der Waals surface area (Å²) in [6.45, 7) is 13.5. The van der Waals surface area contributed by atoms with Crippen LogP contribution in [0.4, 0.5) is 9.93 Å². The Morgan fingerprint density at radius 1 is 1.14 bits per heavy atom. The van der Waals surface area contributed by atoms with Crippen molar-refractivity contribution in [1.29, 1.82) is 0 Å². The van der Waals surface area contributed by atoms with Gasteiger partial charge in [0.25, 0.3) is 0 Å². The standard InChI is InChI=1S/C26H41N7O2S/c1-4-6-20-7-8-24(35-3)22(17-20)23-19-36-26(28-23)29-25(34)30-33-15-13-31(14-16-33)11-12-32-10-9-21(18-32)27-5-2/h7-8,17,19,21,27H,4-6,9-16,18H2,1-3H3,(H2,28,29,30,34). The Bertz CT molecular complexity index is 977. The van der Waals surface area contributed by atoms with Crippen molar-refractivity contribution in [2.24, 2.45) is 0 Å². The molecule has 2 fully saturated rings. The highest BCUT2D eigenvalue weighted by molar-refractivity contribution is 7.14. The molecule has 1 aromatic heterocycles. The number of urea groups is 1. The van der Waals surface area contributed by atoms with Crippen LogP contribution in [0.5, 0.6) is 5.75 Å². The molecule has 3 N–H and O–H groups in total. The number of carbonyl (C=O) groups is 1. The van der Waals surface area contributed by atoms with Crippen LogP contribution in [0.25, 0.3) is 11.3 Å². The Kier molecular flexibility index (Phi) is 9.94. The van der Waals surface area contributed by atoms with Crippen molar-refractivity contribution >= 4 is 22.5 Å². The Morgan fingerprint density at radius 3 is 2.69 bits per heavy atom. The van der Waals surface area contributed by atoms with Crippen molar-refractivity contribution in [3.8, 4) is 17.0 Å². The maximum absolute atomic E-state index is 12.6. The van der Waals surface area contributed by atoms with Gasteiger partial charge < -0.3 is 15.0 Å². The molecule has 0 aliphatic carbocycles. The second-order valence-electron chi connectivity index (χ2n) is 9.56. The highest BCUT2D eigenvalue weighted by atomic mass is 32.1. The van der Waals surface area contributed by atoms with Crippen molar-refractivity contribution in [1.82, 2.24) is 30.5 Å². The number of likely N-dealkylation sites (N-methyl/N-ethyl adjacent to an activating group) is 1. The number of likely N-dealkylation sites (tertiary alicyclic amines) is 1. The van der Waals surface area contributed by atoms with E-state index >= 15 is 0 Å². The molecule has 1 unspecified atom stereocenters. The van der Waals surface area contributed by atoms with Gasteiger partial charge in [0.05, 0.1) is 12.8 Å². The van der Waals surface area contributed by atoms with Crippen LogP contribution >= 0.6 is 11.3 Å². The summed E-state index contributed by atoms with van der Waals surface area (Å²) in [4.78, 5) is 22.3. The molecule has 0 spiro atoms. The third-order valence-corrected chi connectivity index (χ3v) is 7.69. The Hall–Kier alpha value is -2.24. The largest absolute Gasteiger partial charge is 0.496 e. The number of ether oxygens (including phenoxy) is 1. The molecule has 2 amide bonds. The molecule has 1 aromatic carbocycles. The Labute approximate surface area is 219 Å². The highest BCUT2D eigenvalue weighted by Gasteiger charge is 2.23. The van der Waals surface area contributed by atoms with Gasteiger partial charge in [0.1, 0.15) is 5.75 Å². The number of hydrogen-bond donors (Lipinski definition) is 3. The minimum absolute atomic E-state index is 0.248. The van der Waals surface area contributed by atoms with Gasteiger partial charge in [0, 0.05) is 62.8 Å². The molecule has 9 nitrogen and oxygen atoms in total. The quantitative estimate of drug-likeness (QED) is 0.424. The zero-order chi connectivity index (χ0) is 25.3. The third-order valence-electron chi connectivity index (χ3n) is 6.93. The van der Waals surface area contributed by atoms with E-state index in [1.165, 1.54) is 29.9 Å². The van der Waals surface area contributed by atoms with E-state index in [0.29, 0.717) is 11.2 Å². The number of aromatic nitrogens is 1. The molecule has 0 bridgehead atoms. The van der Waals surface area contributed by atoms with Gasteiger partial charge in [-0.25, -0.2) is 14.8 Å². The molecule has 4 rings (SSSR count). The van der Waals surface area contributed by atoms with Crippen molar-refractivity contribution < 1.29 is 9.53 Å². The average molecular weight is 516 g/mol. The zero-order valence-electron chi connectivity index (χ0n) is 21.9. The number of nitrogens with one attached hydrogen (secondary N) is 3. The number of benzene rings is 1. The molecule has 36 heavy (non-hydrogen) atoms. The number of methoxy groups -OCH3 is 1. The normalized spacial score (nSPS) is 19.5. The molecule has 0 radical (unpaired) electrons. The van der Waals surface area contributed by atoms with Crippen molar-refractivity contribution in [3.05, 3.63) is 29.1 Å². The second kappa shape index (κ2) is 13.3. The molecule has 1 atom stereocenters. The summed E-state index contributed by atoms with van der Waals surface area (Å²) in [5.74, 6) is 0.788. The first-order valence-corrected chi connectivity index (χ1v) is 14.1. The molecule has 3 heterocycles. The van der Waals surface area contributed by atoms with Gasteiger partial charge >= 0.3 is 6.03 Å². The van der Waals surface area contributed by atoms with Gasteiger partial charge in [-0.3, -0.25) is 15.6 Å². The number of hydrazine groups is 1. The van der Waals surface area contributed by atoms with Gasteiger partial charge in [-0.15, -0.1) is 11.3 Å². The van der Waals surface area contributed by atoms with Crippen LogP contribution in [0.1, 0.15) is 32.3 Å². The maximum Gasteiger partial charge on any atom is 0.335 e. The predicted molar refractivity (Wildman–Crippen MR) is 147 cm³/mol. The molecule has 2 aliphatic rings. The fourth-order valence-corrected chi connectivity index (χ4v) is 5.69. The number of aryl methyl sites for hydroxylation is 1. The molecule has 2 aliphatic heterocycles. The van der Waals surface area contributed by atoms with Crippen LogP contribution < -0.4 is 20.8 Å². The summed E-state index contributed by atoms with van der Waals surface area (Å²) < 4.78 is 5.54. The maximum atomic E-state index is 12.6. The number of piperazine rings is 1. The van der Waals surface area contributed by atoms with Gasteiger partial charge in [0.15, 0.2) is 5.13 Å². The summed E-state index contributed by atoms with van der Waals surface area (Å²) in [6, 6.07) is 6.62. The number of carbonyl (C=O) groups excluding carboxylic acids is 1. The Balaban J connectivity index is 1.20. The number of hydrogen-bond acceptors (Lipinski definition) is 8. The van der Waals surface area contributed by atoms with E-state index < -0.39 is 0 Å². The van der Waals surface area contributed by atoms with Gasteiger partial charge in [-0.05, 0) is 43.6 Å². The summed E-state index contributed by atoms with van der Waals surface area (Å²) in [7, 11) is 1.67. The smallest absolute Gasteiger partial charge is 0.335 e. The van der Waals surface area contributed by atoms with Crippen molar-refractivity contribution in [2.45, 2.75) is 39.2 Å². The van der Waals surface area contributed by atoms with Crippen LogP contribution in [0.2, 0.25) is 0 Å². The minimum atomic E-state index is -0.248. The number of rotatable bonds is 11. The summed E-state index contributed by atoms with van der Waals surface area (Å²) >= 11 is 1.42. The number of anilines is 1. The van der Waals surface area contributed by atoms with E-state index in [1.807, 2.05) is 16.5 Å². The fourth-order valence-electron chi connectivity index (χ4n) is 4.98. The minimum Gasteiger partial charge on any atom is -0.496 e. The predicted octanol–water partition coefficient (Wildman–Crippen LogP) is 3.11. The molecule has 198 valence electrons. The molecule has 10 heteroatoms. The van der Waals surface area contributed by atoms with Crippen LogP contribution in [-0.2, 0) is 6.42 Å². The topological polar surface area (TPSA) is 85.0 Å². The lowest BCUT2D eigenvalue weighted by molar-refractivity contribution is 0.0945. The molecular weight excluding hydrogens is 474 g/mol. The number of amides is 2. The van der Waals surface area contributed by atoms with Crippen molar-refractivity contribution in [2.75, 3.05) is 71.3 Å². The lowest BCUT2D eigenvalue weighted by Crippen LogP contribution is -2.55. The van der Waals surface area contributed by atoms with E-state index in [4.69, 9.17) is 4.74 Å². The van der Waals surface area contributed by atoms with Gasteiger partial charge in [0.2, 0.25) is 0 Å². The number of nitrogens with zero attached hydrogens (tertiary/aromatic N) is 4. The first-order chi connectivity index (χ1) is 17.6. The van der Waals surface area contributed by atoms with Gasteiger partial charge in [-0.1, -0.05) is 26.3 Å². The van der Waals surface area contributed by atoms with E-state index in [1.54, 1.807) is 7.11 Å². The lowest BCUT2D eigenvalue weighted by Gasteiger charge is -2.35.